The summed E-state index contributed by atoms with van der Waals surface area (Å²) in [6.45, 7) is 3.93. The minimum absolute atomic E-state index is 0.146. The summed E-state index contributed by atoms with van der Waals surface area (Å²) < 4.78 is 5.16. The molecule has 0 unspecified atom stereocenters. The molecular weight excluding hydrogens is 158 g/mol. The van der Waals surface area contributed by atoms with Crippen molar-refractivity contribution in [3.63, 3.8) is 0 Å². The highest BCUT2D eigenvalue weighted by molar-refractivity contribution is 5.68. The van der Waals surface area contributed by atoms with Crippen molar-refractivity contribution in [3.8, 4) is 0 Å². The van der Waals surface area contributed by atoms with Crippen molar-refractivity contribution in [1.82, 2.24) is 4.98 Å². The second-order valence-corrected chi connectivity index (χ2v) is 2.88. The predicted octanol–water partition coefficient (Wildman–Crippen LogP) is 1.43. The summed E-state index contributed by atoms with van der Waals surface area (Å²) in [5.41, 5.74) is 0. The first-order valence-corrected chi connectivity index (χ1v) is 3.76. The van der Waals surface area contributed by atoms with Crippen molar-refractivity contribution in [2.45, 2.75) is 26.2 Å². The monoisotopic (exact) mass is 169 g/mol. The number of aliphatic carboxylic acids is 1. The molecule has 0 atom stereocenters. The molecule has 12 heavy (non-hydrogen) atoms. The number of nitrogens with zero attached hydrogens (tertiary/aromatic N) is 1. The fourth-order valence-electron chi connectivity index (χ4n) is 0.802. The predicted molar refractivity (Wildman–Crippen MR) is 41.9 cm³/mol. The van der Waals surface area contributed by atoms with Crippen LogP contribution in [-0.2, 0) is 11.2 Å². The lowest BCUT2D eigenvalue weighted by molar-refractivity contribution is -0.136. The molecule has 1 aromatic heterocycles. The molecule has 0 saturated heterocycles. The number of oxazole rings is 1. The number of aromatic nitrogens is 1. The summed E-state index contributed by atoms with van der Waals surface area (Å²) in [6.07, 6.45) is 1.43. The van der Waals surface area contributed by atoms with Crippen LogP contribution >= 0.6 is 0 Å². The quantitative estimate of drug-likeness (QED) is 0.743. The number of carboxylic acid groups (broad SMARTS) is 1. The first-order chi connectivity index (χ1) is 5.59. The van der Waals surface area contributed by atoms with Crippen LogP contribution in [0, 0.1) is 0 Å². The van der Waals surface area contributed by atoms with E-state index in [2.05, 4.69) is 4.98 Å². The van der Waals surface area contributed by atoms with E-state index >= 15 is 0 Å². The smallest absolute Gasteiger partial charge is 0.312 e. The molecule has 1 N–H and O–H groups in total. The third-order valence-electron chi connectivity index (χ3n) is 1.44. The van der Waals surface area contributed by atoms with Crippen LogP contribution in [0.15, 0.2) is 10.6 Å². The second-order valence-electron chi connectivity index (χ2n) is 2.88. The van der Waals surface area contributed by atoms with Crippen LogP contribution in [0.4, 0.5) is 0 Å². The molecule has 0 aliphatic rings. The van der Waals surface area contributed by atoms with Crippen LogP contribution in [0.25, 0.3) is 0 Å². The van der Waals surface area contributed by atoms with Crippen molar-refractivity contribution in [2.24, 2.45) is 0 Å². The average Bonchev–Trinajstić information content (AvgIpc) is 2.34. The topological polar surface area (TPSA) is 63.3 Å². The highest BCUT2D eigenvalue weighted by Gasteiger charge is 2.09. The standard InChI is InChI=1S/C8H11NO3/c1-5(2)6-4-9-7(12-6)3-8(10)11/h4-5H,3H2,1-2H3,(H,10,11). The summed E-state index contributed by atoms with van der Waals surface area (Å²) in [4.78, 5) is 14.1. The minimum Gasteiger partial charge on any atom is -0.481 e. The molecule has 1 aromatic rings. The van der Waals surface area contributed by atoms with Gasteiger partial charge in [-0.1, -0.05) is 13.8 Å². The Morgan fingerprint density at radius 1 is 1.75 bits per heavy atom. The van der Waals surface area contributed by atoms with Gasteiger partial charge in [-0.2, -0.15) is 0 Å². The van der Waals surface area contributed by atoms with Gasteiger partial charge in [-0.25, -0.2) is 4.98 Å². The molecular formula is C8H11NO3. The normalized spacial score (nSPS) is 10.6. The van der Waals surface area contributed by atoms with Gasteiger partial charge in [-0.05, 0) is 0 Å². The lowest BCUT2D eigenvalue weighted by Crippen LogP contribution is -1.99. The Hall–Kier alpha value is -1.32. The molecule has 4 nitrogen and oxygen atoms in total. The molecule has 0 amide bonds. The van der Waals surface area contributed by atoms with Crippen LogP contribution in [-0.4, -0.2) is 16.1 Å². The Kier molecular flexibility index (Phi) is 2.47. The van der Waals surface area contributed by atoms with Gasteiger partial charge in [0.05, 0.1) is 6.20 Å². The zero-order valence-electron chi connectivity index (χ0n) is 7.07. The van der Waals surface area contributed by atoms with Gasteiger partial charge in [0.15, 0.2) is 0 Å². The summed E-state index contributed by atoms with van der Waals surface area (Å²) in [6, 6.07) is 0. The maximum atomic E-state index is 10.2. The molecule has 0 aromatic carbocycles. The van der Waals surface area contributed by atoms with Crippen molar-refractivity contribution in [1.29, 1.82) is 0 Å². The van der Waals surface area contributed by atoms with E-state index in [0.29, 0.717) is 0 Å². The highest BCUT2D eigenvalue weighted by Crippen LogP contribution is 2.14. The van der Waals surface area contributed by atoms with Gasteiger partial charge in [0.25, 0.3) is 0 Å². The molecule has 0 aliphatic carbocycles. The van der Waals surface area contributed by atoms with E-state index in [0.717, 1.165) is 5.76 Å². The van der Waals surface area contributed by atoms with Crippen molar-refractivity contribution >= 4 is 5.97 Å². The van der Waals surface area contributed by atoms with E-state index in [1.54, 1.807) is 6.20 Å². The number of carbonyl (C=O) groups is 1. The molecule has 0 fully saturated rings. The molecule has 1 heterocycles. The Morgan fingerprint density at radius 2 is 2.42 bits per heavy atom. The van der Waals surface area contributed by atoms with Crippen molar-refractivity contribution in [3.05, 3.63) is 17.8 Å². The lowest BCUT2D eigenvalue weighted by Gasteiger charge is -1.95. The minimum atomic E-state index is -0.924. The Bertz CT molecular complexity index is 278. The molecule has 0 saturated carbocycles. The number of hydrogen-bond donors (Lipinski definition) is 1. The molecule has 0 radical (unpaired) electrons. The van der Waals surface area contributed by atoms with Crippen LogP contribution in [0.3, 0.4) is 0 Å². The van der Waals surface area contributed by atoms with Gasteiger partial charge in [0.2, 0.25) is 5.89 Å². The molecule has 0 spiro atoms. The largest absolute Gasteiger partial charge is 0.481 e. The first-order valence-electron chi connectivity index (χ1n) is 3.76. The summed E-state index contributed by atoms with van der Waals surface area (Å²) in [5.74, 6) is 0.324. The number of hydrogen-bond acceptors (Lipinski definition) is 3. The van der Waals surface area contributed by atoms with Crippen molar-refractivity contribution in [2.75, 3.05) is 0 Å². The summed E-state index contributed by atoms with van der Waals surface area (Å²) in [7, 11) is 0. The number of carboxylic acids is 1. The van der Waals surface area contributed by atoms with E-state index in [4.69, 9.17) is 9.52 Å². The SMILES string of the molecule is CC(C)c1cnc(CC(=O)O)o1. The van der Waals surface area contributed by atoms with Gasteiger partial charge < -0.3 is 9.52 Å². The molecule has 0 aliphatic heterocycles. The zero-order valence-corrected chi connectivity index (χ0v) is 7.07. The van der Waals surface area contributed by atoms with Crippen LogP contribution in [0.2, 0.25) is 0 Å². The third-order valence-corrected chi connectivity index (χ3v) is 1.44. The summed E-state index contributed by atoms with van der Waals surface area (Å²) in [5, 5.41) is 8.41. The molecule has 4 heteroatoms. The average molecular weight is 169 g/mol. The van der Waals surface area contributed by atoms with E-state index in [1.165, 1.54) is 0 Å². The maximum absolute atomic E-state index is 10.2. The first kappa shape index (κ1) is 8.77. The fourth-order valence-corrected chi connectivity index (χ4v) is 0.802. The van der Waals surface area contributed by atoms with Crippen LogP contribution < -0.4 is 0 Å². The third kappa shape index (κ3) is 2.08. The Labute approximate surface area is 70.2 Å². The van der Waals surface area contributed by atoms with E-state index in [1.807, 2.05) is 13.8 Å². The number of rotatable bonds is 3. The van der Waals surface area contributed by atoms with E-state index in [-0.39, 0.29) is 18.2 Å². The van der Waals surface area contributed by atoms with Crippen LogP contribution in [0.1, 0.15) is 31.4 Å². The van der Waals surface area contributed by atoms with Crippen LogP contribution in [0.5, 0.6) is 0 Å². The van der Waals surface area contributed by atoms with Gasteiger partial charge in [-0.3, -0.25) is 4.79 Å². The summed E-state index contributed by atoms with van der Waals surface area (Å²) >= 11 is 0. The van der Waals surface area contributed by atoms with E-state index < -0.39 is 5.97 Å². The van der Waals surface area contributed by atoms with Gasteiger partial charge >= 0.3 is 5.97 Å². The van der Waals surface area contributed by atoms with Gasteiger partial charge in [0, 0.05) is 5.92 Å². The lowest BCUT2D eigenvalue weighted by atomic mass is 10.2. The van der Waals surface area contributed by atoms with Crippen molar-refractivity contribution < 1.29 is 14.3 Å². The van der Waals surface area contributed by atoms with Gasteiger partial charge in [0.1, 0.15) is 12.2 Å². The maximum Gasteiger partial charge on any atom is 0.312 e. The highest BCUT2D eigenvalue weighted by atomic mass is 16.4. The molecule has 66 valence electrons. The Morgan fingerprint density at radius 3 is 2.83 bits per heavy atom. The molecule has 0 bridgehead atoms. The Balaban J connectivity index is 2.70. The van der Waals surface area contributed by atoms with Gasteiger partial charge in [-0.15, -0.1) is 0 Å². The molecule has 1 rings (SSSR count). The second kappa shape index (κ2) is 3.38. The van der Waals surface area contributed by atoms with E-state index in [9.17, 15) is 4.79 Å². The zero-order chi connectivity index (χ0) is 9.14. The fraction of sp³-hybridized carbons (Fsp3) is 0.500.